The molecule has 3 nitrogen and oxygen atoms in total. The second kappa shape index (κ2) is 4.78. The van der Waals surface area contributed by atoms with Crippen molar-refractivity contribution in [3.8, 4) is 5.75 Å². The van der Waals surface area contributed by atoms with E-state index >= 15 is 0 Å². The predicted octanol–water partition coefficient (Wildman–Crippen LogP) is 2.82. The average molecular weight is 235 g/mol. The number of carbonyl (C=O) groups excluding carboxylic acids is 1. The molecule has 1 aromatic carbocycles. The van der Waals surface area contributed by atoms with E-state index in [0.29, 0.717) is 12.1 Å². The first-order valence-corrected chi connectivity index (χ1v) is 5.76. The second-order valence-corrected chi connectivity index (χ2v) is 5.74. The number of aromatic hydroxyl groups is 1. The fourth-order valence-electron chi connectivity index (χ4n) is 1.81. The summed E-state index contributed by atoms with van der Waals surface area (Å²) in [5, 5.41) is 9.71. The number of amides is 1. The van der Waals surface area contributed by atoms with E-state index in [1.54, 1.807) is 30.1 Å². The van der Waals surface area contributed by atoms with Crippen molar-refractivity contribution in [3.63, 3.8) is 0 Å². The summed E-state index contributed by atoms with van der Waals surface area (Å²) in [6, 6.07) is 5.07. The van der Waals surface area contributed by atoms with Crippen molar-refractivity contribution in [2.75, 3.05) is 13.6 Å². The normalized spacial score (nSPS) is 11.4. The first-order valence-electron chi connectivity index (χ1n) is 5.76. The number of benzene rings is 1. The second-order valence-electron chi connectivity index (χ2n) is 5.74. The van der Waals surface area contributed by atoms with Gasteiger partial charge in [-0.2, -0.15) is 0 Å². The first-order chi connectivity index (χ1) is 7.70. The molecule has 0 bridgehead atoms. The Morgan fingerprint density at radius 2 is 1.94 bits per heavy atom. The van der Waals surface area contributed by atoms with Crippen molar-refractivity contribution in [3.05, 3.63) is 29.3 Å². The van der Waals surface area contributed by atoms with Gasteiger partial charge in [0.2, 0.25) is 0 Å². The van der Waals surface area contributed by atoms with E-state index in [9.17, 15) is 9.90 Å². The lowest BCUT2D eigenvalue weighted by atomic mass is 9.96. The molecule has 94 valence electrons. The Bertz CT molecular complexity index is 419. The summed E-state index contributed by atoms with van der Waals surface area (Å²) in [6.07, 6.45) is 0. The highest BCUT2D eigenvalue weighted by Crippen LogP contribution is 2.22. The van der Waals surface area contributed by atoms with Gasteiger partial charge < -0.3 is 10.0 Å². The topological polar surface area (TPSA) is 40.5 Å². The summed E-state index contributed by atoms with van der Waals surface area (Å²) in [5.74, 6) is -0.0949. The monoisotopic (exact) mass is 235 g/mol. The van der Waals surface area contributed by atoms with Crippen LogP contribution in [0, 0.1) is 12.3 Å². The van der Waals surface area contributed by atoms with Gasteiger partial charge in [-0.15, -0.1) is 0 Å². The van der Waals surface area contributed by atoms with E-state index in [2.05, 4.69) is 20.8 Å². The van der Waals surface area contributed by atoms with E-state index in [1.807, 2.05) is 6.92 Å². The summed E-state index contributed by atoms with van der Waals surface area (Å²) < 4.78 is 0. The molecule has 3 heteroatoms. The third-order valence-corrected chi connectivity index (χ3v) is 2.44. The van der Waals surface area contributed by atoms with Crippen LogP contribution in [-0.4, -0.2) is 29.5 Å². The van der Waals surface area contributed by atoms with Crippen LogP contribution in [0.15, 0.2) is 18.2 Å². The summed E-state index contributed by atoms with van der Waals surface area (Å²) in [4.78, 5) is 13.8. The Hall–Kier alpha value is -1.51. The van der Waals surface area contributed by atoms with Crippen LogP contribution in [0.1, 0.15) is 36.7 Å². The van der Waals surface area contributed by atoms with Gasteiger partial charge in [-0.1, -0.05) is 32.4 Å². The molecule has 17 heavy (non-hydrogen) atoms. The number of hydrogen-bond acceptors (Lipinski definition) is 2. The van der Waals surface area contributed by atoms with Crippen LogP contribution in [-0.2, 0) is 0 Å². The Morgan fingerprint density at radius 3 is 2.47 bits per heavy atom. The molecule has 0 spiro atoms. The van der Waals surface area contributed by atoms with Gasteiger partial charge in [0.25, 0.3) is 5.91 Å². The van der Waals surface area contributed by atoms with E-state index in [1.165, 1.54) is 0 Å². The molecule has 0 heterocycles. The van der Waals surface area contributed by atoms with E-state index in [4.69, 9.17) is 0 Å². The SMILES string of the molecule is Cc1ccc(O)c(C(=O)N(C)CC(C)(C)C)c1. The zero-order valence-corrected chi connectivity index (χ0v) is 11.2. The van der Waals surface area contributed by atoms with E-state index < -0.39 is 0 Å². The molecular formula is C14H21NO2. The van der Waals surface area contributed by atoms with Gasteiger partial charge in [-0.25, -0.2) is 0 Å². The highest BCUT2D eigenvalue weighted by atomic mass is 16.3. The van der Waals surface area contributed by atoms with Gasteiger partial charge in [-0.3, -0.25) is 4.79 Å². The van der Waals surface area contributed by atoms with Crippen molar-refractivity contribution < 1.29 is 9.90 Å². The lowest BCUT2D eigenvalue weighted by Crippen LogP contribution is -2.34. The van der Waals surface area contributed by atoms with Crippen molar-refractivity contribution in [2.45, 2.75) is 27.7 Å². The zero-order chi connectivity index (χ0) is 13.2. The molecular weight excluding hydrogens is 214 g/mol. The quantitative estimate of drug-likeness (QED) is 0.856. The zero-order valence-electron chi connectivity index (χ0n) is 11.2. The minimum absolute atomic E-state index is 0.0429. The van der Waals surface area contributed by atoms with Crippen molar-refractivity contribution in [2.24, 2.45) is 5.41 Å². The minimum atomic E-state index is -0.138. The van der Waals surface area contributed by atoms with Gasteiger partial charge in [0.1, 0.15) is 5.75 Å². The van der Waals surface area contributed by atoms with Crippen LogP contribution in [0.5, 0.6) is 5.75 Å². The Labute approximate surface area is 103 Å². The van der Waals surface area contributed by atoms with Crippen LogP contribution in [0.4, 0.5) is 0 Å². The Kier molecular flexibility index (Phi) is 3.81. The van der Waals surface area contributed by atoms with Crippen molar-refractivity contribution in [1.82, 2.24) is 4.90 Å². The average Bonchev–Trinajstić information content (AvgIpc) is 2.18. The number of phenols is 1. The predicted molar refractivity (Wildman–Crippen MR) is 69.3 cm³/mol. The van der Waals surface area contributed by atoms with E-state index in [-0.39, 0.29) is 17.1 Å². The van der Waals surface area contributed by atoms with E-state index in [0.717, 1.165) is 5.56 Å². The molecule has 0 aliphatic carbocycles. The smallest absolute Gasteiger partial charge is 0.257 e. The fourth-order valence-corrected chi connectivity index (χ4v) is 1.81. The van der Waals surface area contributed by atoms with Crippen LogP contribution < -0.4 is 0 Å². The number of aryl methyl sites for hydroxylation is 1. The number of carbonyl (C=O) groups is 1. The molecule has 0 aliphatic heterocycles. The highest BCUT2D eigenvalue weighted by molar-refractivity contribution is 5.96. The van der Waals surface area contributed by atoms with Gasteiger partial charge in [0.15, 0.2) is 0 Å². The maximum Gasteiger partial charge on any atom is 0.257 e. The third-order valence-electron chi connectivity index (χ3n) is 2.44. The summed E-state index contributed by atoms with van der Waals surface area (Å²) in [5.41, 5.74) is 1.39. The van der Waals surface area contributed by atoms with Gasteiger partial charge in [0.05, 0.1) is 5.56 Å². The molecule has 1 amide bonds. The van der Waals surface area contributed by atoms with Crippen LogP contribution in [0.2, 0.25) is 0 Å². The van der Waals surface area contributed by atoms with Gasteiger partial charge >= 0.3 is 0 Å². The number of nitrogens with zero attached hydrogens (tertiary/aromatic N) is 1. The molecule has 1 rings (SSSR count). The first kappa shape index (κ1) is 13.6. The maximum absolute atomic E-state index is 12.2. The lowest BCUT2D eigenvalue weighted by molar-refractivity contribution is 0.0742. The fraction of sp³-hybridized carbons (Fsp3) is 0.500. The van der Waals surface area contributed by atoms with Crippen molar-refractivity contribution in [1.29, 1.82) is 0 Å². The Balaban J connectivity index is 2.93. The lowest BCUT2D eigenvalue weighted by Gasteiger charge is -2.26. The number of phenolic OH excluding ortho intramolecular Hbond substituents is 1. The van der Waals surface area contributed by atoms with Crippen LogP contribution in [0.3, 0.4) is 0 Å². The standard InChI is InChI=1S/C14H21NO2/c1-10-6-7-12(16)11(8-10)13(17)15(5)9-14(2,3)4/h6-8,16H,9H2,1-5H3. The largest absolute Gasteiger partial charge is 0.507 e. The van der Waals surface area contributed by atoms with Crippen LogP contribution in [0.25, 0.3) is 0 Å². The summed E-state index contributed by atoms with van der Waals surface area (Å²) in [7, 11) is 1.76. The molecule has 0 aromatic heterocycles. The molecule has 0 atom stereocenters. The molecule has 0 radical (unpaired) electrons. The summed E-state index contributed by atoms with van der Waals surface area (Å²) in [6.45, 7) is 8.78. The molecule has 1 N–H and O–H groups in total. The molecule has 0 fully saturated rings. The molecule has 0 saturated carbocycles. The van der Waals surface area contributed by atoms with Gasteiger partial charge in [0, 0.05) is 13.6 Å². The summed E-state index contributed by atoms with van der Waals surface area (Å²) >= 11 is 0. The van der Waals surface area contributed by atoms with Crippen LogP contribution >= 0.6 is 0 Å². The van der Waals surface area contributed by atoms with Crippen molar-refractivity contribution >= 4 is 5.91 Å². The Morgan fingerprint density at radius 1 is 1.35 bits per heavy atom. The molecule has 0 aliphatic rings. The molecule has 0 unspecified atom stereocenters. The molecule has 0 saturated heterocycles. The highest BCUT2D eigenvalue weighted by Gasteiger charge is 2.20. The van der Waals surface area contributed by atoms with Gasteiger partial charge in [-0.05, 0) is 24.5 Å². The number of rotatable bonds is 2. The third kappa shape index (κ3) is 3.77. The minimum Gasteiger partial charge on any atom is -0.507 e. The molecule has 1 aromatic rings. The number of hydrogen-bond donors (Lipinski definition) is 1. The maximum atomic E-state index is 12.2.